The van der Waals surface area contributed by atoms with Crippen LogP contribution in [0.3, 0.4) is 0 Å². The maximum Gasteiger partial charge on any atom is 0.321 e. The SMILES string of the molecule is CCCCN(C)C(=O)Nc1cccc(/C=C/c2n[nH]c3cc(C)c(NC(=O)Cc4cccs4)cc23)c1. The predicted molar refractivity (Wildman–Crippen MR) is 149 cm³/mol. The molecule has 0 bridgehead atoms. The molecule has 0 saturated carbocycles. The lowest BCUT2D eigenvalue weighted by molar-refractivity contribution is -0.115. The number of hydrogen-bond donors (Lipinski definition) is 3. The van der Waals surface area contributed by atoms with E-state index < -0.39 is 0 Å². The van der Waals surface area contributed by atoms with E-state index in [0.717, 1.165) is 63.4 Å². The molecule has 4 rings (SSSR count). The standard InChI is InChI=1S/C28H31N5O2S/c1-4-5-13-33(3)28(35)29-21-9-6-8-20(16-21)11-12-24-23-18-25(19(2)15-26(23)32-31-24)30-27(34)17-22-10-7-14-36-22/h6-12,14-16,18H,4-5,13,17H2,1-3H3,(H,29,35)(H,30,34)(H,31,32)/b12-11+. The quantitative estimate of drug-likeness (QED) is 0.243. The van der Waals surface area contributed by atoms with Gasteiger partial charge in [-0.2, -0.15) is 5.10 Å². The third-order valence-corrected chi connectivity index (χ3v) is 6.77. The van der Waals surface area contributed by atoms with Crippen LogP contribution in [0.5, 0.6) is 0 Å². The maximum atomic E-state index is 12.5. The van der Waals surface area contributed by atoms with Crippen molar-refractivity contribution in [2.45, 2.75) is 33.1 Å². The first-order chi connectivity index (χ1) is 17.4. The minimum absolute atomic E-state index is 0.0420. The van der Waals surface area contributed by atoms with Gasteiger partial charge in [-0.25, -0.2) is 4.79 Å². The molecule has 0 atom stereocenters. The summed E-state index contributed by atoms with van der Waals surface area (Å²) < 4.78 is 0. The fourth-order valence-electron chi connectivity index (χ4n) is 3.83. The first-order valence-electron chi connectivity index (χ1n) is 12.0. The topological polar surface area (TPSA) is 90.1 Å². The first-order valence-corrected chi connectivity index (χ1v) is 12.9. The first kappa shape index (κ1) is 25.2. The zero-order chi connectivity index (χ0) is 25.5. The van der Waals surface area contributed by atoms with Gasteiger partial charge in [0.15, 0.2) is 0 Å². The van der Waals surface area contributed by atoms with Crippen molar-refractivity contribution in [3.63, 3.8) is 0 Å². The highest BCUT2D eigenvalue weighted by molar-refractivity contribution is 7.10. The molecule has 0 radical (unpaired) electrons. The highest BCUT2D eigenvalue weighted by Gasteiger charge is 2.11. The predicted octanol–water partition coefficient (Wildman–Crippen LogP) is 6.55. The summed E-state index contributed by atoms with van der Waals surface area (Å²) in [4.78, 5) is 27.7. The van der Waals surface area contributed by atoms with Gasteiger partial charge < -0.3 is 15.5 Å². The number of H-pyrrole nitrogens is 1. The summed E-state index contributed by atoms with van der Waals surface area (Å²) >= 11 is 1.57. The number of fused-ring (bicyclic) bond motifs is 1. The van der Waals surface area contributed by atoms with Gasteiger partial charge in [0, 0.05) is 35.2 Å². The average molecular weight is 502 g/mol. The fraction of sp³-hybridized carbons (Fsp3) is 0.250. The van der Waals surface area contributed by atoms with Crippen molar-refractivity contribution in [2.75, 3.05) is 24.2 Å². The Balaban J connectivity index is 1.48. The van der Waals surface area contributed by atoms with E-state index in [2.05, 4.69) is 27.8 Å². The molecular weight excluding hydrogens is 470 g/mol. The number of thiophene rings is 1. The van der Waals surface area contributed by atoms with Crippen molar-refractivity contribution >= 4 is 57.7 Å². The van der Waals surface area contributed by atoms with E-state index in [4.69, 9.17) is 0 Å². The molecule has 36 heavy (non-hydrogen) atoms. The highest BCUT2D eigenvalue weighted by atomic mass is 32.1. The van der Waals surface area contributed by atoms with Crippen LogP contribution in [0.1, 0.15) is 41.5 Å². The monoisotopic (exact) mass is 501 g/mol. The molecule has 3 amide bonds. The average Bonchev–Trinajstić information content (AvgIpc) is 3.51. The number of aryl methyl sites for hydroxylation is 1. The number of aromatic nitrogens is 2. The molecule has 0 saturated heterocycles. The zero-order valence-electron chi connectivity index (χ0n) is 20.8. The summed E-state index contributed by atoms with van der Waals surface area (Å²) in [6, 6.07) is 15.4. The lowest BCUT2D eigenvalue weighted by atomic mass is 10.1. The Labute approximate surface area is 215 Å². The van der Waals surface area contributed by atoms with Gasteiger partial charge in [0.2, 0.25) is 5.91 Å². The molecule has 0 aliphatic rings. The summed E-state index contributed by atoms with van der Waals surface area (Å²) in [5.41, 5.74) is 5.10. The Morgan fingerprint density at radius 1 is 1.11 bits per heavy atom. The number of urea groups is 1. The maximum absolute atomic E-state index is 12.5. The summed E-state index contributed by atoms with van der Waals surface area (Å²) in [6.45, 7) is 4.80. The molecule has 8 heteroatoms. The van der Waals surface area contributed by atoms with E-state index in [1.54, 1.807) is 23.3 Å². The second-order valence-electron chi connectivity index (χ2n) is 8.79. The van der Waals surface area contributed by atoms with Crippen LogP contribution in [0.25, 0.3) is 23.1 Å². The number of nitrogens with zero attached hydrogens (tertiary/aromatic N) is 2. The molecule has 0 aliphatic heterocycles. The van der Waals surface area contributed by atoms with Crippen molar-refractivity contribution in [3.05, 3.63) is 75.6 Å². The van der Waals surface area contributed by atoms with Gasteiger partial charge in [0.25, 0.3) is 0 Å². The molecular formula is C28H31N5O2S. The molecule has 4 aromatic rings. The van der Waals surface area contributed by atoms with Crippen LogP contribution in [0.15, 0.2) is 53.9 Å². The van der Waals surface area contributed by atoms with Crippen LogP contribution in [0.2, 0.25) is 0 Å². The van der Waals surface area contributed by atoms with Crippen molar-refractivity contribution in [2.24, 2.45) is 0 Å². The summed E-state index contributed by atoms with van der Waals surface area (Å²) in [5, 5.41) is 16.4. The summed E-state index contributed by atoms with van der Waals surface area (Å²) in [5.74, 6) is -0.0420. The van der Waals surface area contributed by atoms with Crippen molar-refractivity contribution < 1.29 is 9.59 Å². The summed E-state index contributed by atoms with van der Waals surface area (Å²) in [7, 11) is 1.80. The van der Waals surface area contributed by atoms with Gasteiger partial charge in [0.05, 0.1) is 17.6 Å². The molecule has 2 heterocycles. The van der Waals surface area contributed by atoms with Crippen LogP contribution in [-0.4, -0.2) is 40.6 Å². The third-order valence-electron chi connectivity index (χ3n) is 5.89. The van der Waals surface area contributed by atoms with E-state index in [-0.39, 0.29) is 11.9 Å². The Kier molecular flexibility index (Phi) is 8.17. The minimum atomic E-state index is -0.119. The van der Waals surface area contributed by atoms with E-state index in [9.17, 15) is 9.59 Å². The third kappa shape index (κ3) is 6.40. The second kappa shape index (κ2) is 11.7. The van der Waals surface area contributed by atoms with Crippen molar-refractivity contribution in [1.82, 2.24) is 15.1 Å². The molecule has 2 aromatic heterocycles. The van der Waals surface area contributed by atoms with Gasteiger partial charge in [-0.1, -0.05) is 37.6 Å². The van der Waals surface area contributed by atoms with Gasteiger partial charge >= 0.3 is 6.03 Å². The van der Waals surface area contributed by atoms with Crippen molar-refractivity contribution in [1.29, 1.82) is 0 Å². The normalized spacial score (nSPS) is 11.2. The number of carbonyl (C=O) groups excluding carboxylic acids is 2. The number of anilines is 2. The van der Waals surface area contributed by atoms with Gasteiger partial charge in [0.1, 0.15) is 0 Å². The van der Waals surface area contributed by atoms with E-state index >= 15 is 0 Å². The largest absolute Gasteiger partial charge is 0.328 e. The Hall–Kier alpha value is -3.91. The van der Waals surface area contributed by atoms with Gasteiger partial charge in [-0.15, -0.1) is 11.3 Å². The number of rotatable bonds is 9. The highest BCUT2D eigenvalue weighted by Crippen LogP contribution is 2.26. The van der Waals surface area contributed by atoms with Crippen LogP contribution in [0, 0.1) is 6.92 Å². The molecule has 0 fully saturated rings. The summed E-state index contributed by atoms with van der Waals surface area (Å²) in [6.07, 6.45) is 6.27. The lowest BCUT2D eigenvalue weighted by Gasteiger charge is -2.17. The number of unbranched alkanes of at least 4 members (excludes halogenated alkanes) is 1. The Morgan fingerprint density at radius 2 is 1.97 bits per heavy atom. The Bertz CT molecular complexity index is 1370. The fourth-order valence-corrected chi connectivity index (χ4v) is 4.54. The van der Waals surface area contributed by atoms with E-state index in [1.807, 2.05) is 73.0 Å². The number of carbonyl (C=O) groups is 2. The number of hydrogen-bond acceptors (Lipinski definition) is 4. The number of amides is 3. The van der Waals surface area contributed by atoms with Gasteiger partial charge in [-0.05, 0) is 66.3 Å². The molecule has 2 aromatic carbocycles. The second-order valence-corrected chi connectivity index (χ2v) is 9.82. The van der Waals surface area contributed by atoms with Crippen LogP contribution in [-0.2, 0) is 11.2 Å². The van der Waals surface area contributed by atoms with Gasteiger partial charge in [-0.3, -0.25) is 9.89 Å². The van der Waals surface area contributed by atoms with E-state index in [1.165, 1.54) is 0 Å². The van der Waals surface area contributed by atoms with Crippen LogP contribution >= 0.6 is 11.3 Å². The number of nitrogens with one attached hydrogen (secondary N) is 3. The molecule has 3 N–H and O–H groups in total. The smallest absolute Gasteiger partial charge is 0.321 e. The zero-order valence-corrected chi connectivity index (χ0v) is 21.6. The minimum Gasteiger partial charge on any atom is -0.328 e. The molecule has 0 unspecified atom stereocenters. The number of benzene rings is 2. The number of aromatic amines is 1. The van der Waals surface area contributed by atoms with Crippen molar-refractivity contribution in [3.8, 4) is 0 Å². The molecule has 0 aliphatic carbocycles. The molecule has 186 valence electrons. The molecule has 0 spiro atoms. The lowest BCUT2D eigenvalue weighted by Crippen LogP contribution is -2.32. The van der Waals surface area contributed by atoms with E-state index in [0.29, 0.717) is 6.42 Å². The van der Waals surface area contributed by atoms with Crippen LogP contribution in [0.4, 0.5) is 16.2 Å². The molecule has 7 nitrogen and oxygen atoms in total. The Morgan fingerprint density at radius 3 is 2.75 bits per heavy atom. The van der Waals surface area contributed by atoms with Crippen LogP contribution < -0.4 is 10.6 Å².